The maximum absolute atomic E-state index is 12.3. The first-order chi connectivity index (χ1) is 11.5. The summed E-state index contributed by atoms with van der Waals surface area (Å²) in [6.07, 6.45) is 1.35. The molecule has 0 bridgehead atoms. The van der Waals surface area contributed by atoms with Crippen LogP contribution in [0.1, 0.15) is 30.0 Å². The van der Waals surface area contributed by atoms with Gasteiger partial charge in [0.2, 0.25) is 5.91 Å². The summed E-state index contributed by atoms with van der Waals surface area (Å²) >= 11 is 3.43. The Labute approximate surface area is 163 Å². The Balaban J connectivity index is 0.00000225. The number of thiazole rings is 1. The van der Waals surface area contributed by atoms with Crippen LogP contribution in [-0.4, -0.2) is 34.6 Å². The Kier molecular flexibility index (Phi) is 7.31. The summed E-state index contributed by atoms with van der Waals surface area (Å²) in [5, 5.41) is 4.25. The van der Waals surface area contributed by atoms with Crippen LogP contribution < -0.4 is 5.32 Å². The van der Waals surface area contributed by atoms with Gasteiger partial charge in [-0.15, -0.1) is 35.5 Å². The predicted molar refractivity (Wildman–Crippen MR) is 109 cm³/mol. The number of thioether (sulfide) groups is 1. The number of amides is 1. The van der Waals surface area contributed by atoms with Crippen molar-refractivity contribution in [2.45, 2.75) is 43.4 Å². The monoisotopic (exact) mass is 397 g/mol. The van der Waals surface area contributed by atoms with Crippen molar-refractivity contribution in [1.82, 2.24) is 9.88 Å². The van der Waals surface area contributed by atoms with Gasteiger partial charge in [0.25, 0.3) is 0 Å². The Morgan fingerprint density at radius 3 is 2.76 bits per heavy atom. The van der Waals surface area contributed by atoms with Gasteiger partial charge in [-0.25, -0.2) is 4.98 Å². The lowest BCUT2D eigenvalue weighted by Crippen LogP contribution is -2.25. The number of hydrogen-bond acceptors (Lipinski definition) is 5. The Morgan fingerprint density at radius 1 is 1.36 bits per heavy atom. The van der Waals surface area contributed by atoms with Crippen molar-refractivity contribution < 1.29 is 4.79 Å². The number of nitrogens with zero attached hydrogens (tertiary/aromatic N) is 2. The Morgan fingerprint density at radius 2 is 2.08 bits per heavy atom. The third-order valence-corrected chi connectivity index (χ3v) is 5.84. The van der Waals surface area contributed by atoms with E-state index in [2.05, 4.69) is 48.2 Å². The van der Waals surface area contributed by atoms with Crippen LogP contribution >= 0.6 is 35.5 Å². The van der Waals surface area contributed by atoms with Gasteiger partial charge in [-0.3, -0.25) is 4.79 Å². The molecule has 0 spiro atoms. The molecule has 0 fully saturated rings. The average Bonchev–Trinajstić information content (AvgIpc) is 2.89. The molecule has 1 aromatic carbocycles. The molecule has 3 rings (SSSR count). The average molecular weight is 398 g/mol. The number of carbonyl (C=O) groups excluding carboxylic acids is 1. The van der Waals surface area contributed by atoms with Gasteiger partial charge in [-0.1, -0.05) is 26.0 Å². The van der Waals surface area contributed by atoms with E-state index in [9.17, 15) is 4.79 Å². The number of hydrogen-bond donors (Lipinski definition) is 1. The van der Waals surface area contributed by atoms with Crippen LogP contribution in [0, 0.1) is 0 Å². The fourth-order valence-electron chi connectivity index (χ4n) is 2.68. The number of anilines is 1. The van der Waals surface area contributed by atoms with Gasteiger partial charge >= 0.3 is 0 Å². The van der Waals surface area contributed by atoms with Crippen molar-refractivity contribution in [2.75, 3.05) is 18.9 Å². The van der Waals surface area contributed by atoms with E-state index >= 15 is 0 Å². The Bertz CT molecular complexity index is 716. The summed E-state index contributed by atoms with van der Waals surface area (Å²) < 4.78 is 0. The van der Waals surface area contributed by atoms with Crippen molar-refractivity contribution >= 4 is 46.5 Å². The molecule has 1 N–H and O–H groups in total. The van der Waals surface area contributed by atoms with Crippen LogP contribution in [0.3, 0.4) is 0 Å². The number of carbonyl (C=O) groups is 1. The second kappa shape index (κ2) is 9.03. The lowest BCUT2D eigenvalue weighted by molar-refractivity contribution is -0.115. The van der Waals surface area contributed by atoms with Crippen molar-refractivity contribution in [2.24, 2.45) is 0 Å². The highest BCUT2D eigenvalue weighted by Crippen LogP contribution is 2.28. The number of likely N-dealkylation sites (N-methyl/N-ethyl adjacent to an activating group) is 1. The quantitative estimate of drug-likeness (QED) is 0.766. The molecule has 1 aliphatic rings. The SMILES string of the molecule is CC(C)Sc1ccc(CC(=O)Nc2nc3c(s2)CN(C)CC3)cc1.Cl. The highest BCUT2D eigenvalue weighted by Gasteiger charge is 2.19. The molecule has 1 aromatic heterocycles. The third kappa shape index (κ3) is 5.71. The van der Waals surface area contributed by atoms with E-state index in [1.165, 1.54) is 9.77 Å². The van der Waals surface area contributed by atoms with Crippen LogP contribution in [0.25, 0.3) is 0 Å². The van der Waals surface area contributed by atoms with Gasteiger partial charge in [0.05, 0.1) is 12.1 Å². The lowest BCUT2D eigenvalue weighted by atomic mass is 10.1. The second-order valence-corrected chi connectivity index (χ2v) is 9.15. The van der Waals surface area contributed by atoms with E-state index in [0.29, 0.717) is 11.7 Å². The minimum Gasteiger partial charge on any atom is -0.302 e. The topological polar surface area (TPSA) is 45.2 Å². The van der Waals surface area contributed by atoms with Crippen LogP contribution in [0.4, 0.5) is 5.13 Å². The second-order valence-electron chi connectivity index (χ2n) is 6.41. The molecule has 0 unspecified atom stereocenters. The van der Waals surface area contributed by atoms with Gasteiger partial charge in [0.1, 0.15) is 0 Å². The first-order valence-corrected chi connectivity index (χ1v) is 9.92. The van der Waals surface area contributed by atoms with E-state index in [1.807, 2.05) is 23.9 Å². The fraction of sp³-hybridized carbons (Fsp3) is 0.444. The van der Waals surface area contributed by atoms with Crippen molar-refractivity contribution in [3.05, 3.63) is 40.4 Å². The molecule has 1 amide bonds. The van der Waals surface area contributed by atoms with E-state index < -0.39 is 0 Å². The summed E-state index contributed by atoms with van der Waals surface area (Å²) in [5.41, 5.74) is 2.17. The van der Waals surface area contributed by atoms with E-state index in [-0.39, 0.29) is 18.3 Å². The highest BCUT2D eigenvalue weighted by molar-refractivity contribution is 7.99. The molecule has 0 aliphatic carbocycles. The van der Waals surface area contributed by atoms with Gasteiger partial charge < -0.3 is 10.2 Å². The van der Waals surface area contributed by atoms with Crippen LogP contribution in [0.2, 0.25) is 0 Å². The summed E-state index contributed by atoms with van der Waals surface area (Å²) in [5.74, 6) is -0.00119. The van der Waals surface area contributed by atoms with Crippen molar-refractivity contribution in [3.63, 3.8) is 0 Å². The van der Waals surface area contributed by atoms with E-state index in [4.69, 9.17) is 0 Å². The molecule has 0 saturated heterocycles. The minimum atomic E-state index is -0.00119. The van der Waals surface area contributed by atoms with E-state index in [0.717, 1.165) is 35.9 Å². The number of halogens is 1. The molecule has 4 nitrogen and oxygen atoms in total. The maximum Gasteiger partial charge on any atom is 0.230 e. The zero-order valence-corrected chi connectivity index (χ0v) is 17.2. The number of benzene rings is 1. The molecular formula is C18H24ClN3OS2. The minimum absolute atomic E-state index is 0. The molecule has 25 heavy (non-hydrogen) atoms. The third-order valence-electron chi connectivity index (χ3n) is 3.83. The smallest absolute Gasteiger partial charge is 0.230 e. The first kappa shape index (κ1) is 20.2. The standard InChI is InChI=1S/C18H23N3OS2.ClH/c1-12(2)23-14-6-4-13(5-7-14)10-17(22)20-18-19-15-8-9-21(3)11-16(15)24-18;/h4-7,12H,8-11H2,1-3H3,(H,19,20,22);1H. The molecule has 7 heteroatoms. The fourth-order valence-corrected chi connectivity index (χ4v) is 4.63. The van der Waals surface area contributed by atoms with Gasteiger partial charge in [-0.05, 0) is 24.7 Å². The predicted octanol–water partition coefficient (Wildman–Crippen LogP) is 4.23. The van der Waals surface area contributed by atoms with Crippen LogP contribution in [0.5, 0.6) is 0 Å². The number of aromatic nitrogens is 1. The molecule has 0 saturated carbocycles. The largest absolute Gasteiger partial charge is 0.302 e. The first-order valence-electron chi connectivity index (χ1n) is 8.22. The zero-order chi connectivity index (χ0) is 17.1. The summed E-state index contributed by atoms with van der Waals surface area (Å²) in [6, 6.07) is 8.24. The maximum atomic E-state index is 12.3. The summed E-state index contributed by atoms with van der Waals surface area (Å²) in [4.78, 5) is 21.6. The molecule has 1 aliphatic heterocycles. The zero-order valence-electron chi connectivity index (χ0n) is 14.7. The molecule has 136 valence electrons. The van der Waals surface area contributed by atoms with Crippen LogP contribution in [-0.2, 0) is 24.2 Å². The number of fused-ring (bicyclic) bond motifs is 1. The normalized spacial score (nSPS) is 14.1. The lowest BCUT2D eigenvalue weighted by Gasteiger charge is -2.20. The number of nitrogens with one attached hydrogen (secondary N) is 1. The van der Waals surface area contributed by atoms with Gasteiger partial charge in [0.15, 0.2) is 5.13 Å². The van der Waals surface area contributed by atoms with Gasteiger partial charge in [-0.2, -0.15) is 0 Å². The van der Waals surface area contributed by atoms with Crippen LogP contribution in [0.15, 0.2) is 29.2 Å². The van der Waals surface area contributed by atoms with Crippen molar-refractivity contribution in [1.29, 1.82) is 0 Å². The number of rotatable bonds is 5. The van der Waals surface area contributed by atoms with E-state index in [1.54, 1.807) is 11.3 Å². The molecular weight excluding hydrogens is 374 g/mol. The molecule has 0 atom stereocenters. The summed E-state index contributed by atoms with van der Waals surface area (Å²) in [6.45, 7) is 6.32. The summed E-state index contributed by atoms with van der Waals surface area (Å²) in [7, 11) is 2.11. The van der Waals surface area contributed by atoms with Gasteiger partial charge in [0, 0.05) is 34.5 Å². The molecule has 2 aromatic rings. The Hall–Kier alpha value is -1.08. The van der Waals surface area contributed by atoms with Crippen molar-refractivity contribution in [3.8, 4) is 0 Å². The highest BCUT2D eigenvalue weighted by atomic mass is 35.5. The molecule has 2 heterocycles. The molecule has 0 radical (unpaired) electrons.